The van der Waals surface area contributed by atoms with Crippen molar-refractivity contribution in [2.24, 2.45) is 5.16 Å². The van der Waals surface area contributed by atoms with Crippen LogP contribution in [0.5, 0.6) is 5.75 Å². The van der Waals surface area contributed by atoms with Gasteiger partial charge in [0.1, 0.15) is 5.75 Å². The fraction of sp³-hybridized carbons (Fsp3) is 0.462. The number of aryl methyl sites for hydroxylation is 1. The highest BCUT2D eigenvalue weighted by Crippen LogP contribution is 2.14. The van der Waals surface area contributed by atoms with Gasteiger partial charge in [-0.2, -0.15) is 0 Å². The highest BCUT2D eigenvalue weighted by molar-refractivity contribution is 5.81. The van der Waals surface area contributed by atoms with Gasteiger partial charge in [-0.1, -0.05) is 17.3 Å². The first-order chi connectivity index (χ1) is 7.61. The largest absolute Gasteiger partial charge is 0.491 e. The Balaban J connectivity index is 2.51. The number of ether oxygens (including phenoxy) is 1. The summed E-state index contributed by atoms with van der Waals surface area (Å²) in [5, 5.41) is 11.7. The Labute approximate surface area is 96.7 Å². The molecule has 0 unspecified atom stereocenters. The molecule has 0 amide bonds. The third-order valence-corrected chi connectivity index (χ3v) is 2.24. The average Bonchev–Trinajstić information content (AvgIpc) is 2.27. The van der Waals surface area contributed by atoms with Crippen LogP contribution in [-0.2, 0) is 6.42 Å². The van der Waals surface area contributed by atoms with Gasteiger partial charge < -0.3 is 9.94 Å². The second-order valence-electron chi connectivity index (χ2n) is 4.15. The van der Waals surface area contributed by atoms with Gasteiger partial charge in [0.25, 0.3) is 0 Å². The Bertz CT molecular complexity index is 341. The predicted molar refractivity (Wildman–Crippen MR) is 65.4 cm³/mol. The highest BCUT2D eigenvalue weighted by Gasteiger charge is 1.99. The fourth-order valence-electron chi connectivity index (χ4n) is 1.38. The quantitative estimate of drug-likeness (QED) is 0.471. The summed E-state index contributed by atoms with van der Waals surface area (Å²) in [5.41, 5.74) is 1.97. The van der Waals surface area contributed by atoms with Crippen molar-refractivity contribution in [3.8, 4) is 5.75 Å². The van der Waals surface area contributed by atoms with Crippen LogP contribution >= 0.6 is 0 Å². The minimum absolute atomic E-state index is 0.203. The van der Waals surface area contributed by atoms with E-state index in [2.05, 4.69) is 5.16 Å². The third-order valence-electron chi connectivity index (χ3n) is 2.24. The molecule has 3 heteroatoms. The lowest BCUT2D eigenvalue weighted by Crippen LogP contribution is -2.05. The number of nitrogens with zero attached hydrogens (tertiary/aromatic N) is 1. The summed E-state index contributed by atoms with van der Waals surface area (Å²) in [7, 11) is 0. The van der Waals surface area contributed by atoms with Gasteiger partial charge in [-0.05, 0) is 51.3 Å². The number of hydrogen-bond donors (Lipinski definition) is 1. The monoisotopic (exact) mass is 221 g/mol. The molecule has 3 nitrogen and oxygen atoms in total. The summed E-state index contributed by atoms with van der Waals surface area (Å²) in [6.45, 7) is 5.83. The number of hydrogen-bond acceptors (Lipinski definition) is 3. The maximum Gasteiger partial charge on any atom is 0.119 e. The second kappa shape index (κ2) is 6.16. The number of rotatable bonds is 5. The van der Waals surface area contributed by atoms with Gasteiger partial charge in [0.05, 0.1) is 11.8 Å². The molecule has 1 N–H and O–H groups in total. The van der Waals surface area contributed by atoms with E-state index in [9.17, 15) is 0 Å². The topological polar surface area (TPSA) is 41.8 Å². The molecule has 0 radical (unpaired) electrons. The lowest BCUT2D eigenvalue weighted by atomic mass is 10.1. The van der Waals surface area contributed by atoms with Crippen LogP contribution in [0.3, 0.4) is 0 Å². The van der Waals surface area contributed by atoms with Crippen LogP contribution in [0.25, 0.3) is 0 Å². The Morgan fingerprint density at radius 3 is 2.44 bits per heavy atom. The van der Waals surface area contributed by atoms with Crippen molar-refractivity contribution in [2.45, 2.75) is 39.7 Å². The van der Waals surface area contributed by atoms with Crippen molar-refractivity contribution in [3.05, 3.63) is 29.8 Å². The first kappa shape index (κ1) is 12.6. The third kappa shape index (κ3) is 4.34. The van der Waals surface area contributed by atoms with Gasteiger partial charge in [0, 0.05) is 0 Å². The minimum atomic E-state index is 0.203. The van der Waals surface area contributed by atoms with E-state index >= 15 is 0 Å². The first-order valence-electron chi connectivity index (χ1n) is 5.55. The fourth-order valence-corrected chi connectivity index (χ4v) is 1.38. The van der Waals surface area contributed by atoms with Crippen molar-refractivity contribution < 1.29 is 9.94 Å². The summed E-state index contributed by atoms with van der Waals surface area (Å²) in [6.07, 6.45) is 1.87. The minimum Gasteiger partial charge on any atom is -0.491 e. The van der Waals surface area contributed by atoms with Crippen molar-refractivity contribution in [1.82, 2.24) is 0 Å². The van der Waals surface area contributed by atoms with Gasteiger partial charge in [-0.3, -0.25) is 0 Å². The Hall–Kier alpha value is -1.51. The molecule has 1 aromatic rings. The molecule has 0 aliphatic carbocycles. The summed E-state index contributed by atoms with van der Waals surface area (Å²) in [6, 6.07) is 8.03. The van der Waals surface area contributed by atoms with Crippen molar-refractivity contribution >= 4 is 5.71 Å². The summed E-state index contributed by atoms with van der Waals surface area (Å²) < 4.78 is 5.55. The maximum absolute atomic E-state index is 8.52. The zero-order chi connectivity index (χ0) is 12.0. The number of oxime groups is 1. The van der Waals surface area contributed by atoms with E-state index < -0.39 is 0 Å². The molecule has 0 aromatic heterocycles. The molecule has 0 heterocycles. The van der Waals surface area contributed by atoms with Crippen LogP contribution in [-0.4, -0.2) is 17.0 Å². The van der Waals surface area contributed by atoms with Gasteiger partial charge >= 0.3 is 0 Å². The van der Waals surface area contributed by atoms with E-state index in [-0.39, 0.29) is 6.10 Å². The van der Waals surface area contributed by atoms with Crippen molar-refractivity contribution in [3.63, 3.8) is 0 Å². The summed E-state index contributed by atoms with van der Waals surface area (Å²) >= 11 is 0. The molecule has 0 saturated heterocycles. The Morgan fingerprint density at radius 1 is 1.31 bits per heavy atom. The van der Waals surface area contributed by atoms with E-state index in [4.69, 9.17) is 9.94 Å². The molecule has 0 saturated carbocycles. The molecule has 0 aliphatic heterocycles. The van der Waals surface area contributed by atoms with Crippen LogP contribution in [0, 0.1) is 0 Å². The van der Waals surface area contributed by atoms with E-state index in [1.54, 1.807) is 0 Å². The molecule has 1 rings (SSSR count). The summed E-state index contributed by atoms with van der Waals surface area (Å²) in [4.78, 5) is 0. The molecule has 1 aromatic carbocycles. The van der Waals surface area contributed by atoms with Crippen LogP contribution in [0.15, 0.2) is 29.4 Å². The van der Waals surface area contributed by atoms with Crippen molar-refractivity contribution in [2.75, 3.05) is 0 Å². The molecule has 0 fully saturated rings. The molecule has 16 heavy (non-hydrogen) atoms. The molecule has 0 atom stereocenters. The van der Waals surface area contributed by atoms with E-state index in [0.717, 1.165) is 24.3 Å². The standard InChI is InChI=1S/C13H19NO2/c1-10(2)16-13-8-6-12(7-9-13)5-4-11(3)14-15/h6-10,15H,4-5H2,1-3H3/b14-11-. The highest BCUT2D eigenvalue weighted by atomic mass is 16.5. The van der Waals surface area contributed by atoms with Crippen LogP contribution in [0.1, 0.15) is 32.8 Å². The normalized spacial score (nSPS) is 11.9. The van der Waals surface area contributed by atoms with E-state index in [1.165, 1.54) is 5.56 Å². The smallest absolute Gasteiger partial charge is 0.119 e. The molecular weight excluding hydrogens is 202 g/mol. The SMILES string of the molecule is C/C(CCc1ccc(OC(C)C)cc1)=N/O. The molecule has 0 spiro atoms. The Morgan fingerprint density at radius 2 is 1.94 bits per heavy atom. The van der Waals surface area contributed by atoms with E-state index in [0.29, 0.717) is 0 Å². The number of benzene rings is 1. The zero-order valence-electron chi connectivity index (χ0n) is 10.1. The van der Waals surface area contributed by atoms with Gasteiger partial charge in [0.15, 0.2) is 0 Å². The van der Waals surface area contributed by atoms with E-state index in [1.807, 2.05) is 45.0 Å². The van der Waals surface area contributed by atoms with Crippen LogP contribution in [0.4, 0.5) is 0 Å². The van der Waals surface area contributed by atoms with Crippen LogP contribution in [0.2, 0.25) is 0 Å². The maximum atomic E-state index is 8.52. The summed E-state index contributed by atoms with van der Waals surface area (Å²) in [5.74, 6) is 0.895. The van der Waals surface area contributed by atoms with Crippen molar-refractivity contribution in [1.29, 1.82) is 0 Å². The molecular formula is C13H19NO2. The molecule has 0 aliphatic rings. The van der Waals surface area contributed by atoms with Gasteiger partial charge in [0.2, 0.25) is 0 Å². The Kier molecular flexibility index (Phi) is 4.83. The molecule has 88 valence electrons. The average molecular weight is 221 g/mol. The zero-order valence-corrected chi connectivity index (χ0v) is 10.1. The lowest BCUT2D eigenvalue weighted by Gasteiger charge is -2.09. The molecule has 0 bridgehead atoms. The van der Waals surface area contributed by atoms with Crippen LogP contribution < -0.4 is 4.74 Å². The van der Waals surface area contributed by atoms with Gasteiger partial charge in [-0.25, -0.2) is 0 Å². The first-order valence-corrected chi connectivity index (χ1v) is 5.55. The second-order valence-corrected chi connectivity index (χ2v) is 4.15. The lowest BCUT2D eigenvalue weighted by molar-refractivity contribution is 0.242. The predicted octanol–water partition coefficient (Wildman–Crippen LogP) is 3.26. The van der Waals surface area contributed by atoms with Gasteiger partial charge in [-0.15, -0.1) is 0 Å².